The van der Waals surface area contributed by atoms with Crippen molar-refractivity contribution in [3.63, 3.8) is 0 Å². The van der Waals surface area contributed by atoms with Gasteiger partial charge in [-0.15, -0.1) is 0 Å². The fourth-order valence-electron chi connectivity index (χ4n) is 4.85. The van der Waals surface area contributed by atoms with Crippen LogP contribution < -0.4 is 5.32 Å². The molecule has 1 saturated carbocycles. The second-order valence-electron chi connectivity index (χ2n) is 7.91. The van der Waals surface area contributed by atoms with Gasteiger partial charge in [0.2, 0.25) is 0 Å². The van der Waals surface area contributed by atoms with Crippen LogP contribution in [0.5, 0.6) is 0 Å². The molecular formula is C19H32N4. The molecule has 3 aliphatic rings. The van der Waals surface area contributed by atoms with Crippen molar-refractivity contribution in [2.45, 2.75) is 76.4 Å². The highest BCUT2D eigenvalue weighted by Crippen LogP contribution is 2.25. The molecule has 4 rings (SSSR count). The minimum absolute atomic E-state index is 0.749. The van der Waals surface area contributed by atoms with Crippen LogP contribution in [0.4, 0.5) is 0 Å². The summed E-state index contributed by atoms with van der Waals surface area (Å²) in [7, 11) is 0. The molecular weight excluding hydrogens is 284 g/mol. The Labute approximate surface area is 140 Å². The molecule has 4 heteroatoms. The third kappa shape index (κ3) is 3.80. The Balaban J connectivity index is 1.18. The van der Waals surface area contributed by atoms with Gasteiger partial charge < -0.3 is 14.8 Å². The Morgan fingerprint density at radius 2 is 1.87 bits per heavy atom. The smallest absolute Gasteiger partial charge is 0.108 e. The van der Waals surface area contributed by atoms with Crippen LogP contribution in [0.3, 0.4) is 0 Å². The summed E-state index contributed by atoms with van der Waals surface area (Å²) >= 11 is 0. The molecule has 0 bridgehead atoms. The maximum Gasteiger partial charge on any atom is 0.108 e. The highest BCUT2D eigenvalue weighted by molar-refractivity contribution is 4.97. The van der Waals surface area contributed by atoms with Crippen LogP contribution in [0.25, 0.3) is 0 Å². The summed E-state index contributed by atoms with van der Waals surface area (Å²) in [6, 6.07) is 1.65. The van der Waals surface area contributed by atoms with Crippen molar-refractivity contribution in [1.82, 2.24) is 19.8 Å². The molecule has 1 aromatic rings. The van der Waals surface area contributed by atoms with E-state index >= 15 is 0 Å². The van der Waals surface area contributed by atoms with E-state index in [1.165, 1.54) is 76.8 Å². The van der Waals surface area contributed by atoms with E-state index in [4.69, 9.17) is 0 Å². The highest BCUT2D eigenvalue weighted by Gasteiger charge is 2.26. The maximum atomic E-state index is 4.43. The van der Waals surface area contributed by atoms with Gasteiger partial charge in [0.15, 0.2) is 0 Å². The average Bonchev–Trinajstić information content (AvgIpc) is 3.09. The molecule has 0 radical (unpaired) electrons. The lowest BCUT2D eigenvalue weighted by atomic mass is 9.92. The van der Waals surface area contributed by atoms with Gasteiger partial charge in [-0.2, -0.15) is 0 Å². The summed E-state index contributed by atoms with van der Waals surface area (Å²) in [4.78, 5) is 7.22. The summed E-state index contributed by atoms with van der Waals surface area (Å²) in [5.74, 6) is 2.06. The predicted octanol–water partition coefficient (Wildman–Crippen LogP) is 2.83. The zero-order valence-corrected chi connectivity index (χ0v) is 14.4. The lowest BCUT2D eigenvalue weighted by Crippen LogP contribution is -2.48. The third-order valence-electron chi connectivity index (χ3n) is 6.35. The molecule has 1 aromatic heterocycles. The summed E-state index contributed by atoms with van der Waals surface area (Å²) in [5.41, 5.74) is 0. The molecule has 4 nitrogen and oxygen atoms in total. The second-order valence-corrected chi connectivity index (χ2v) is 7.91. The molecule has 1 atom stereocenters. The number of imidazole rings is 1. The Bertz CT molecular complexity index is 483. The van der Waals surface area contributed by atoms with E-state index in [1.807, 2.05) is 6.20 Å². The van der Waals surface area contributed by atoms with Crippen LogP contribution in [0.2, 0.25) is 0 Å². The SMILES string of the molecule is c1cn2c(n1)CC[C@@H](CNC1CCN(C3CCCCC3)CC1)C2. The predicted molar refractivity (Wildman–Crippen MR) is 93.5 cm³/mol. The Morgan fingerprint density at radius 3 is 2.70 bits per heavy atom. The second kappa shape index (κ2) is 7.35. The van der Waals surface area contributed by atoms with E-state index in [9.17, 15) is 0 Å². The number of nitrogens with one attached hydrogen (secondary N) is 1. The first-order chi connectivity index (χ1) is 11.4. The van der Waals surface area contributed by atoms with Crippen molar-refractivity contribution in [3.8, 4) is 0 Å². The number of hydrogen-bond acceptors (Lipinski definition) is 3. The van der Waals surface area contributed by atoms with E-state index < -0.39 is 0 Å². The minimum atomic E-state index is 0.749. The molecule has 0 spiro atoms. The van der Waals surface area contributed by atoms with Gasteiger partial charge >= 0.3 is 0 Å². The molecule has 1 aliphatic carbocycles. The van der Waals surface area contributed by atoms with Gasteiger partial charge in [0.1, 0.15) is 5.82 Å². The molecule has 2 aliphatic heterocycles. The van der Waals surface area contributed by atoms with E-state index in [0.717, 1.165) is 31.0 Å². The zero-order valence-electron chi connectivity index (χ0n) is 14.4. The molecule has 2 fully saturated rings. The van der Waals surface area contributed by atoms with Crippen molar-refractivity contribution >= 4 is 0 Å². The molecule has 23 heavy (non-hydrogen) atoms. The van der Waals surface area contributed by atoms with Crippen LogP contribution in [0, 0.1) is 5.92 Å². The van der Waals surface area contributed by atoms with Gasteiger partial charge in [-0.3, -0.25) is 0 Å². The van der Waals surface area contributed by atoms with Crippen molar-refractivity contribution < 1.29 is 0 Å². The number of likely N-dealkylation sites (tertiary alicyclic amines) is 1. The molecule has 3 heterocycles. The number of nitrogens with zero attached hydrogens (tertiary/aromatic N) is 3. The summed E-state index contributed by atoms with van der Waals surface area (Å²) in [6.07, 6.45) is 16.5. The lowest BCUT2D eigenvalue weighted by molar-refractivity contribution is 0.114. The minimum Gasteiger partial charge on any atom is -0.335 e. The van der Waals surface area contributed by atoms with Gasteiger partial charge in [-0.25, -0.2) is 4.98 Å². The first-order valence-corrected chi connectivity index (χ1v) is 9.86. The number of rotatable bonds is 4. The van der Waals surface area contributed by atoms with Crippen LogP contribution in [-0.2, 0) is 13.0 Å². The maximum absolute atomic E-state index is 4.43. The van der Waals surface area contributed by atoms with Crippen LogP contribution in [-0.4, -0.2) is 46.2 Å². The Hall–Kier alpha value is -0.870. The topological polar surface area (TPSA) is 33.1 Å². The van der Waals surface area contributed by atoms with Gasteiger partial charge in [0.25, 0.3) is 0 Å². The normalized spacial score (nSPS) is 27.9. The van der Waals surface area contributed by atoms with Crippen molar-refractivity contribution in [3.05, 3.63) is 18.2 Å². The number of aromatic nitrogens is 2. The number of aryl methyl sites for hydroxylation is 1. The summed E-state index contributed by atoms with van der Waals surface area (Å²) < 4.78 is 2.35. The van der Waals surface area contributed by atoms with E-state index in [0.29, 0.717) is 0 Å². The third-order valence-corrected chi connectivity index (χ3v) is 6.35. The first kappa shape index (κ1) is 15.6. The molecule has 0 unspecified atom stereocenters. The van der Waals surface area contributed by atoms with Gasteiger partial charge in [0, 0.05) is 37.4 Å². The molecule has 128 valence electrons. The van der Waals surface area contributed by atoms with E-state index in [1.54, 1.807) is 0 Å². The van der Waals surface area contributed by atoms with Gasteiger partial charge in [-0.05, 0) is 57.7 Å². The standard InChI is InChI=1S/C19H32N4/c1-2-4-18(5-3-1)22-11-8-17(9-12-22)21-14-16-6-7-19-20-10-13-23(19)15-16/h10,13,16-18,21H,1-9,11-12,14-15H2/t16-/m0/s1. The van der Waals surface area contributed by atoms with Crippen molar-refractivity contribution in [2.75, 3.05) is 19.6 Å². The number of fused-ring (bicyclic) bond motifs is 1. The number of piperidine rings is 1. The summed E-state index contributed by atoms with van der Waals surface area (Å²) in [6.45, 7) is 4.98. The fraction of sp³-hybridized carbons (Fsp3) is 0.842. The molecule has 0 amide bonds. The quantitative estimate of drug-likeness (QED) is 0.927. The van der Waals surface area contributed by atoms with Gasteiger partial charge in [0.05, 0.1) is 0 Å². The molecule has 1 saturated heterocycles. The molecule has 1 N–H and O–H groups in total. The average molecular weight is 316 g/mol. The lowest BCUT2D eigenvalue weighted by Gasteiger charge is -2.40. The monoisotopic (exact) mass is 316 g/mol. The van der Waals surface area contributed by atoms with Crippen molar-refractivity contribution in [2.24, 2.45) is 5.92 Å². The van der Waals surface area contributed by atoms with Crippen molar-refractivity contribution in [1.29, 1.82) is 0 Å². The fourth-order valence-corrected chi connectivity index (χ4v) is 4.85. The first-order valence-electron chi connectivity index (χ1n) is 9.86. The van der Waals surface area contributed by atoms with Gasteiger partial charge in [-0.1, -0.05) is 19.3 Å². The van der Waals surface area contributed by atoms with E-state index in [-0.39, 0.29) is 0 Å². The highest BCUT2D eigenvalue weighted by atomic mass is 15.2. The Morgan fingerprint density at radius 1 is 1.04 bits per heavy atom. The molecule has 0 aromatic carbocycles. The Kier molecular flexibility index (Phi) is 5.00. The van der Waals surface area contributed by atoms with Crippen LogP contribution >= 0.6 is 0 Å². The largest absolute Gasteiger partial charge is 0.335 e. The summed E-state index contributed by atoms with van der Waals surface area (Å²) in [5, 5.41) is 3.88. The van der Waals surface area contributed by atoms with E-state index in [2.05, 4.69) is 26.0 Å². The van der Waals surface area contributed by atoms with Crippen LogP contribution in [0.1, 0.15) is 57.2 Å². The number of hydrogen-bond donors (Lipinski definition) is 1. The van der Waals surface area contributed by atoms with Crippen LogP contribution in [0.15, 0.2) is 12.4 Å². The zero-order chi connectivity index (χ0) is 15.5.